The van der Waals surface area contributed by atoms with Gasteiger partial charge in [0, 0.05) is 37.0 Å². The third-order valence-electron chi connectivity index (χ3n) is 7.02. The molecule has 3 N–H and O–H groups in total. The van der Waals surface area contributed by atoms with Crippen LogP contribution in [0.2, 0.25) is 0 Å². The van der Waals surface area contributed by atoms with Crippen LogP contribution in [0.4, 0.5) is 10.1 Å². The fraction of sp³-hybridized carbons (Fsp3) is 0.324. The highest BCUT2D eigenvalue weighted by atomic mass is 32.2. The SMILES string of the molecule is Cc1cn(C)n(-c2ccc(C[C@H](NC(=O)c3ccc(NS(=O)(=O)c4ccc(C(=O)NC(C)(C)C)nc4)cc3F)C(=O)OC(C)C)cc2)c1=O. The number of amides is 2. The summed E-state index contributed by atoms with van der Waals surface area (Å²) in [5.74, 6) is -3.18. The number of benzene rings is 2. The molecule has 4 rings (SSSR count). The highest BCUT2D eigenvalue weighted by Crippen LogP contribution is 2.20. The Bertz CT molecular complexity index is 2030. The Kier molecular flexibility index (Phi) is 10.8. The predicted molar refractivity (Wildman–Crippen MR) is 181 cm³/mol. The van der Waals surface area contributed by atoms with Crippen molar-refractivity contribution in [3.8, 4) is 5.69 Å². The number of pyridine rings is 1. The van der Waals surface area contributed by atoms with Gasteiger partial charge >= 0.3 is 5.97 Å². The summed E-state index contributed by atoms with van der Waals surface area (Å²) in [6, 6.07) is 11.2. The lowest BCUT2D eigenvalue weighted by molar-refractivity contribution is -0.149. The average Bonchev–Trinajstić information content (AvgIpc) is 3.26. The van der Waals surface area contributed by atoms with E-state index in [2.05, 4.69) is 20.3 Å². The van der Waals surface area contributed by atoms with Crippen LogP contribution in [0.3, 0.4) is 0 Å². The van der Waals surface area contributed by atoms with Crippen LogP contribution in [0.1, 0.15) is 66.6 Å². The third-order valence-corrected chi connectivity index (χ3v) is 8.39. The number of aromatic nitrogens is 3. The van der Waals surface area contributed by atoms with Gasteiger partial charge < -0.3 is 15.4 Å². The Hall–Kier alpha value is -5.31. The summed E-state index contributed by atoms with van der Waals surface area (Å²) in [7, 11) is -2.49. The first-order valence-corrected chi connectivity index (χ1v) is 16.8. The normalized spacial score (nSPS) is 12.3. The Morgan fingerprint density at radius 2 is 1.67 bits per heavy atom. The first-order chi connectivity index (χ1) is 22.8. The van der Waals surface area contributed by atoms with E-state index in [1.165, 1.54) is 22.9 Å². The number of halogens is 1. The number of rotatable bonds is 11. The number of esters is 1. The summed E-state index contributed by atoms with van der Waals surface area (Å²) in [4.78, 5) is 54.6. The highest BCUT2D eigenvalue weighted by molar-refractivity contribution is 7.92. The van der Waals surface area contributed by atoms with Crippen molar-refractivity contribution in [3.05, 3.63) is 106 Å². The van der Waals surface area contributed by atoms with Crippen LogP contribution >= 0.6 is 0 Å². The summed E-state index contributed by atoms with van der Waals surface area (Å²) >= 11 is 0. The number of ether oxygens (including phenoxy) is 1. The molecular weight excluding hydrogens is 655 g/mol. The number of nitrogens with one attached hydrogen (secondary N) is 3. The smallest absolute Gasteiger partial charge is 0.329 e. The molecular formula is C34H39FN6O7S. The number of hydrogen-bond acceptors (Lipinski definition) is 8. The van der Waals surface area contributed by atoms with Crippen LogP contribution in [0.5, 0.6) is 0 Å². The van der Waals surface area contributed by atoms with Gasteiger partial charge in [-0.1, -0.05) is 12.1 Å². The van der Waals surface area contributed by atoms with Crippen LogP contribution in [-0.2, 0) is 33.0 Å². The van der Waals surface area contributed by atoms with Gasteiger partial charge in [0.1, 0.15) is 22.4 Å². The number of carbonyl (C=O) groups is 3. The number of carbonyl (C=O) groups excluding carboxylic acids is 3. The number of nitrogens with zero attached hydrogens (tertiary/aromatic N) is 3. The maximum atomic E-state index is 15.2. The van der Waals surface area contributed by atoms with Gasteiger partial charge in [-0.05, 0) is 89.6 Å². The number of aryl methyl sites for hydroxylation is 2. The topological polar surface area (TPSA) is 170 Å². The zero-order chi connectivity index (χ0) is 36.3. The second kappa shape index (κ2) is 14.4. The molecule has 4 aromatic rings. The minimum atomic E-state index is -4.23. The lowest BCUT2D eigenvalue weighted by Crippen LogP contribution is -2.44. The number of sulfonamides is 1. The van der Waals surface area contributed by atoms with E-state index in [0.29, 0.717) is 16.8 Å². The molecule has 0 saturated carbocycles. The maximum absolute atomic E-state index is 15.2. The fourth-order valence-corrected chi connectivity index (χ4v) is 5.80. The van der Waals surface area contributed by atoms with E-state index in [1.807, 2.05) is 0 Å². The molecule has 49 heavy (non-hydrogen) atoms. The highest BCUT2D eigenvalue weighted by Gasteiger charge is 2.26. The minimum Gasteiger partial charge on any atom is -0.461 e. The fourth-order valence-electron chi connectivity index (χ4n) is 4.81. The van der Waals surface area contributed by atoms with Crippen LogP contribution in [0.15, 0.2) is 76.7 Å². The lowest BCUT2D eigenvalue weighted by Gasteiger charge is -2.20. The van der Waals surface area contributed by atoms with E-state index in [4.69, 9.17) is 4.74 Å². The van der Waals surface area contributed by atoms with Crippen LogP contribution in [-0.4, -0.2) is 58.2 Å². The molecule has 0 fully saturated rings. The molecule has 0 spiro atoms. The quantitative estimate of drug-likeness (QED) is 0.200. The lowest BCUT2D eigenvalue weighted by atomic mass is 10.0. The molecule has 260 valence electrons. The van der Waals surface area contributed by atoms with E-state index in [-0.39, 0.29) is 28.3 Å². The molecule has 2 aromatic heterocycles. The molecule has 2 amide bonds. The van der Waals surface area contributed by atoms with E-state index in [1.54, 1.807) is 83.7 Å². The largest absolute Gasteiger partial charge is 0.461 e. The molecule has 15 heteroatoms. The maximum Gasteiger partial charge on any atom is 0.329 e. The molecule has 0 aliphatic heterocycles. The third kappa shape index (κ3) is 9.19. The van der Waals surface area contributed by atoms with Crippen molar-refractivity contribution in [2.24, 2.45) is 7.05 Å². The van der Waals surface area contributed by atoms with Crippen LogP contribution in [0.25, 0.3) is 5.69 Å². The molecule has 2 aromatic carbocycles. The van der Waals surface area contributed by atoms with Crippen molar-refractivity contribution in [1.29, 1.82) is 0 Å². The molecule has 0 radical (unpaired) electrons. The van der Waals surface area contributed by atoms with Crippen molar-refractivity contribution in [2.45, 2.75) is 70.5 Å². The van der Waals surface area contributed by atoms with Gasteiger partial charge in [0.25, 0.3) is 27.4 Å². The second-order valence-electron chi connectivity index (χ2n) is 12.8. The number of anilines is 1. The molecule has 1 atom stereocenters. The monoisotopic (exact) mass is 694 g/mol. The van der Waals surface area contributed by atoms with Gasteiger partial charge in [0.05, 0.1) is 23.0 Å². The molecule has 0 unspecified atom stereocenters. The number of hydrogen-bond donors (Lipinski definition) is 3. The molecule has 0 aliphatic rings. The molecule has 0 bridgehead atoms. The van der Waals surface area contributed by atoms with Gasteiger partial charge in [-0.3, -0.25) is 23.8 Å². The van der Waals surface area contributed by atoms with Gasteiger partial charge in [-0.15, -0.1) is 0 Å². The van der Waals surface area contributed by atoms with E-state index in [0.717, 1.165) is 18.3 Å². The molecule has 0 saturated heterocycles. The van der Waals surface area contributed by atoms with Gasteiger partial charge in [0.2, 0.25) is 0 Å². The zero-order valence-electron chi connectivity index (χ0n) is 28.2. The molecule has 13 nitrogen and oxygen atoms in total. The van der Waals surface area contributed by atoms with Crippen LogP contribution in [0, 0.1) is 12.7 Å². The standard InChI is InChI=1S/C34H39FN6O7S/c1-20(2)48-33(45)29(16-22-8-11-24(12-9-22)41-32(44)21(3)19-40(41)7)37-30(42)26-14-10-23(17-27(26)35)39-49(46,47)25-13-15-28(36-18-25)31(43)38-34(4,5)6/h8-15,17-20,29,39H,16H2,1-7H3,(H,37,42)(H,38,43)/t29-/m0/s1. The van der Waals surface area contributed by atoms with E-state index < -0.39 is 56.9 Å². The van der Waals surface area contributed by atoms with Crippen molar-refractivity contribution in [1.82, 2.24) is 25.0 Å². The second-order valence-corrected chi connectivity index (χ2v) is 14.5. The van der Waals surface area contributed by atoms with E-state index in [9.17, 15) is 27.6 Å². The molecule has 2 heterocycles. The summed E-state index contributed by atoms with van der Waals surface area (Å²) in [5, 5.41) is 5.25. The Labute approximate surface area is 283 Å². The Morgan fingerprint density at radius 3 is 2.20 bits per heavy atom. The summed E-state index contributed by atoms with van der Waals surface area (Å²) in [6.07, 6.45) is 2.22. The zero-order valence-corrected chi connectivity index (χ0v) is 29.0. The van der Waals surface area contributed by atoms with E-state index >= 15 is 4.39 Å². The summed E-state index contributed by atoms with van der Waals surface area (Å²) in [6.45, 7) is 10.4. The predicted octanol–water partition coefficient (Wildman–Crippen LogP) is 3.64. The van der Waals surface area contributed by atoms with Gasteiger partial charge in [-0.2, -0.15) is 0 Å². The van der Waals surface area contributed by atoms with Gasteiger partial charge in [0.15, 0.2) is 0 Å². The van der Waals surface area contributed by atoms with Crippen molar-refractivity contribution < 1.29 is 31.9 Å². The first kappa shape index (κ1) is 36.5. The first-order valence-electron chi connectivity index (χ1n) is 15.3. The summed E-state index contributed by atoms with van der Waals surface area (Å²) in [5.41, 5.74) is 0.531. The van der Waals surface area contributed by atoms with Crippen molar-refractivity contribution in [3.63, 3.8) is 0 Å². The molecule has 0 aliphatic carbocycles. The Balaban J connectivity index is 1.48. The summed E-state index contributed by atoms with van der Waals surface area (Å²) < 4.78 is 51.8. The van der Waals surface area contributed by atoms with Crippen molar-refractivity contribution >= 4 is 33.5 Å². The Morgan fingerprint density at radius 1 is 1.00 bits per heavy atom. The van der Waals surface area contributed by atoms with Gasteiger partial charge in [-0.25, -0.2) is 27.3 Å². The van der Waals surface area contributed by atoms with Crippen molar-refractivity contribution in [2.75, 3.05) is 4.72 Å². The average molecular weight is 695 g/mol. The van der Waals surface area contributed by atoms with Crippen LogP contribution < -0.4 is 20.9 Å². The minimum absolute atomic E-state index is 0.00281.